The van der Waals surface area contributed by atoms with E-state index in [0.29, 0.717) is 5.69 Å². The minimum atomic E-state index is -0.0493. The summed E-state index contributed by atoms with van der Waals surface area (Å²) in [6.07, 6.45) is 0. The Kier molecular flexibility index (Phi) is 1.90. The molecule has 0 aliphatic heterocycles. The van der Waals surface area contributed by atoms with E-state index in [4.69, 9.17) is 9.84 Å². The van der Waals surface area contributed by atoms with Crippen molar-refractivity contribution in [1.29, 1.82) is 0 Å². The molecule has 0 fully saturated rings. The average molecular weight is 178 g/mol. The molecule has 1 aromatic heterocycles. The highest BCUT2D eigenvalue weighted by Gasteiger charge is 2.04. The first-order valence-corrected chi connectivity index (χ1v) is 3.97. The normalized spacial score (nSPS) is 10.6. The highest BCUT2D eigenvalue weighted by Crippen LogP contribution is 2.21. The molecule has 0 spiro atoms. The second-order valence-corrected chi connectivity index (χ2v) is 2.74. The number of aromatic nitrogens is 2. The Hall–Kier alpha value is -1.55. The first-order valence-electron chi connectivity index (χ1n) is 3.97. The number of nitrogens with zero attached hydrogens (tertiary/aromatic N) is 1. The molecule has 1 aromatic carbocycles. The number of hydrogen-bond acceptors (Lipinski definition) is 3. The summed E-state index contributed by atoms with van der Waals surface area (Å²) in [6, 6.07) is 5.57. The Labute approximate surface area is 75.1 Å². The second-order valence-electron chi connectivity index (χ2n) is 2.74. The Morgan fingerprint density at radius 2 is 2.38 bits per heavy atom. The molecule has 1 heterocycles. The maximum atomic E-state index is 8.94. The van der Waals surface area contributed by atoms with Crippen molar-refractivity contribution in [3.63, 3.8) is 0 Å². The van der Waals surface area contributed by atoms with Crippen LogP contribution in [0.15, 0.2) is 18.2 Å². The van der Waals surface area contributed by atoms with Gasteiger partial charge in [-0.2, -0.15) is 5.10 Å². The largest absolute Gasteiger partial charge is 0.497 e. The molecular weight excluding hydrogens is 168 g/mol. The number of aliphatic hydroxyl groups is 1. The first kappa shape index (κ1) is 8.07. The van der Waals surface area contributed by atoms with Crippen LogP contribution in [0.3, 0.4) is 0 Å². The van der Waals surface area contributed by atoms with E-state index in [2.05, 4.69) is 10.2 Å². The van der Waals surface area contributed by atoms with E-state index in [1.54, 1.807) is 7.11 Å². The number of benzene rings is 1. The van der Waals surface area contributed by atoms with Gasteiger partial charge < -0.3 is 9.84 Å². The summed E-state index contributed by atoms with van der Waals surface area (Å²) in [4.78, 5) is 0. The van der Waals surface area contributed by atoms with Gasteiger partial charge in [0.05, 0.1) is 24.9 Å². The summed E-state index contributed by atoms with van der Waals surface area (Å²) in [5, 5.41) is 16.7. The zero-order valence-corrected chi connectivity index (χ0v) is 7.24. The number of H-pyrrole nitrogens is 1. The Morgan fingerprint density at radius 3 is 3.08 bits per heavy atom. The highest BCUT2D eigenvalue weighted by atomic mass is 16.5. The predicted molar refractivity (Wildman–Crippen MR) is 48.6 cm³/mol. The number of aromatic amines is 1. The van der Waals surface area contributed by atoms with Crippen LogP contribution in [0, 0.1) is 0 Å². The van der Waals surface area contributed by atoms with Gasteiger partial charge in [-0.25, -0.2) is 0 Å². The molecule has 2 aromatic rings. The van der Waals surface area contributed by atoms with Crippen molar-refractivity contribution in [3.05, 3.63) is 23.9 Å². The molecule has 2 N–H and O–H groups in total. The summed E-state index contributed by atoms with van der Waals surface area (Å²) in [5.41, 5.74) is 1.54. The van der Waals surface area contributed by atoms with Crippen LogP contribution in [0.5, 0.6) is 5.75 Å². The summed E-state index contributed by atoms with van der Waals surface area (Å²) in [5.74, 6) is 0.778. The molecule has 0 radical (unpaired) electrons. The van der Waals surface area contributed by atoms with Crippen molar-refractivity contribution in [3.8, 4) is 5.75 Å². The zero-order chi connectivity index (χ0) is 9.26. The maximum Gasteiger partial charge on any atom is 0.121 e. The van der Waals surface area contributed by atoms with Crippen LogP contribution in [0.4, 0.5) is 0 Å². The molecule has 0 aliphatic rings. The van der Waals surface area contributed by atoms with Gasteiger partial charge in [-0.1, -0.05) is 0 Å². The molecule has 0 saturated heterocycles. The van der Waals surface area contributed by atoms with Gasteiger partial charge in [0, 0.05) is 11.5 Å². The van der Waals surface area contributed by atoms with Crippen LogP contribution in [0.2, 0.25) is 0 Å². The third-order valence-electron chi connectivity index (χ3n) is 2.00. The zero-order valence-electron chi connectivity index (χ0n) is 7.24. The molecule has 0 amide bonds. The maximum absolute atomic E-state index is 8.94. The third-order valence-corrected chi connectivity index (χ3v) is 2.00. The minimum Gasteiger partial charge on any atom is -0.497 e. The van der Waals surface area contributed by atoms with E-state index in [1.165, 1.54) is 0 Å². The molecular formula is C9H10N2O2. The van der Waals surface area contributed by atoms with Crippen molar-refractivity contribution < 1.29 is 9.84 Å². The molecule has 0 aliphatic carbocycles. The van der Waals surface area contributed by atoms with Crippen LogP contribution in [0.1, 0.15) is 5.69 Å². The van der Waals surface area contributed by atoms with Gasteiger partial charge in [-0.05, 0) is 12.1 Å². The number of nitrogens with one attached hydrogen (secondary N) is 1. The number of aliphatic hydroxyl groups excluding tert-OH is 1. The van der Waals surface area contributed by atoms with Crippen molar-refractivity contribution in [2.75, 3.05) is 7.11 Å². The first-order chi connectivity index (χ1) is 6.35. The smallest absolute Gasteiger partial charge is 0.121 e. The van der Waals surface area contributed by atoms with Gasteiger partial charge in [0.2, 0.25) is 0 Å². The summed E-state index contributed by atoms with van der Waals surface area (Å²) < 4.78 is 5.05. The fraction of sp³-hybridized carbons (Fsp3) is 0.222. The lowest BCUT2D eigenvalue weighted by molar-refractivity contribution is 0.278. The summed E-state index contributed by atoms with van der Waals surface area (Å²) in [7, 11) is 1.62. The van der Waals surface area contributed by atoms with Gasteiger partial charge in [-0.3, -0.25) is 5.10 Å². The quantitative estimate of drug-likeness (QED) is 0.723. The molecule has 0 unspecified atom stereocenters. The van der Waals surface area contributed by atoms with Gasteiger partial charge in [0.25, 0.3) is 0 Å². The highest BCUT2D eigenvalue weighted by molar-refractivity contribution is 5.82. The topological polar surface area (TPSA) is 58.1 Å². The van der Waals surface area contributed by atoms with Gasteiger partial charge in [0.1, 0.15) is 5.75 Å². The number of methoxy groups -OCH3 is 1. The minimum absolute atomic E-state index is 0.0493. The molecule has 2 rings (SSSR count). The van der Waals surface area contributed by atoms with Crippen LogP contribution < -0.4 is 4.74 Å². The fourth-order valence-corrected chi connectivity index (χ4v) is 1.30. The van der Waals surface area contributed by atoms with Gasteiger partial charge in [-0.15, -0.1) is 0 Å². The Balaban J connectivity index is 2.61. The number of rotatable bonds is 2. The lowest BCUT2D eigenvalue weighted by atomic mass is 10.2. The molecule has 0 bridgehead atoms. The van der Waals surface area contributed by atoms with E-state index in [1.807, 2.05) is 18.2 Å². The molecule has 0 atom stereocenters. The molecule has 68 valence electrons. The standard InChI is InChI=1S/C9H10N2O2/c1-13-6-2-3-7-8(4-6)10-11-9(7)5-12/h2-4,12H,5H2,1H3,(H,10,11). The van der Waals surface area contributed by atoms with E-state index in [-0.39, 0.29) is 6.61 Å². The Morgan fingerprint density at radius 1 is 1.54 bits per heavy atom. The van der Waals surface area contributed by atoms with E-state index in [9.17, 15) is 0 Å². The Bertz CT molecular complexity index is 422. The number of ether oxygens (including phenoxy) is 1. The second kappa shape index (κ2) is 3.06. The van der Waals surface area contributed by atoms with Crippen LogP contribution in [-0.4, -0.2) is 22.4 Å². The number of hydrogen-bond donors (Lipinski definition) is 2. The van der Waals surface area contributed by atoms with Gasteiger partial charge in [0.15, 0.2) is 0 Å². The SMILES string of the molecule is COc1ccc2c(CO)n[nH]c2c1. The van der Waals surface area contributed by atoms with Crippen LogP contribution in [-0.2, 0) is 6.61 Å². The van der Waals surface area contributed by atoms with Crippen molar-refractivity contribution in [2.45, 2.75) is 6.61 Å². The van der Waals surface area contributed by atoms with Crippen LogP contribution >= 0.6 is 0 Å². The number of fused-ring (bicyclic) bond motifs is 1. The molecule has 4 nitrogen and oxygen atoms in total. The van der Waals surface area contributed by atoms with Crippen molar-refractivity contribution in [2.24, 2.45) is 0 Å². The van der Waals surface area contributed by atoms with Crippen molar-refractivity contribution >= 4 is 10.9 Å². The third kappa shape index (κ3) is 1.25. The van der Waals surface area contributed by atoms with Crippen molar-refractivity contribution in [1.82, 2.24) is 10.2 Å². The predicted octanol–water partition coefficient (Wildman–Crippen LogP) is 1.06. The van der Waals surface area contributed by atoms with Gasteiger partial charge >= 0.3 is 0 Å². The fourth-order valence-electron chi connectivity index (χ4n) is 1.30. The summed E-state index contributed by atoms with van der Waals surface area (Å²) in [6.45, 7) is -0.0493. The average Bonchev–Trinajstić information content (AvgIpc) is 2.59. The molecule has 0 saturated carbocycles. The van der Waals surface area contributed by atoms with E-state index in [0.717, 1.165) is 16.7 Å². The lowest BCUT2D eigenvalue weighted by Gasteiger charge is -1.98. The molecule has 4 heteroatoms. The van der Waals surface area contributed by atoms with Crippen LogP contribution in [0.25, 0.3) is 10.9 Å². The van der Waals surface area contributed by atoms with E-state index >= 15 is 0 Å². The monoisotopic (exact) mass is 178 g/mol. The lowest BCUT2D eigenvalue weighted by Crippen LogP contribution is -1.83. The van der Waals surface area contributed by atoms with E-state index < -0.39 is 0 Å². The summed E-state index contributed by atoms with van der Waals surface area (Å²) >= 11 is 0. The molecule has 13 heavy (non-hydrogen) atoms.